The van der Waals surface area contributed by atoms with Crippen molar-refractivity contribution in [3.05, 3.63) is 69.7 Å². The minimum absolute atomic E-state index is 0.0842. The summed E-state index contributed by atoms with van der Waals surface area (Å²) >= 11 is 2.60. The maximum absolute atomic E-state index is 13.1. The highest BCUT2D eigenvalue weighted by Gasteiger charge is 2.19. The van der Waals surface area contributed by atoms with Gasteiger partial charge in [0.05, 0.1) is 11.4 Å². The van der Waals surface area contributed by atoms with Gasteiger partial charge in [0.2, 0.25) is 5.91 Å². The van der Waals surface area contributed by atoms with Crippen molar-refractivity contribution in [2.24, 2.45) is 0 Å². The molecule has 0 radical (unpaired) electrons. The van der Waals surface area contributed by atoms with Crippen LogP contribution >= 0.6 is 23.1 Å². The summed E-state index contributed by atoms with van der Waals surface area (Å²) in [6.07, 6.45) is 3.63. The Kier molecular flexibility index (Phi) is 6.85. The Balaban J connectivity index is 1.52. The van der Waals surface area contributed by atoms with E-state index in [0.717, 1.165) is 11.3 Å². The first-order chi connectivity index (χ1) is 15.8. The number of anilines is 1. The number of nitrogens with zero attached hydrogens (tertiary/aromatic N) is 5. The maximum atomic E-state index is 13.1. The van der Waals surface area contributed by atoms with E-state index in [1.54, 1.807) is 4.57 Å². The Morgan fingerprint density at radius 1 is 1.12 bits per heavy atom. The molecule has 1 N–H and O–H groups in total. The second kappa shape index (κ2) is 9.80. The number of hydrogen-bond donors (Lipinski definition) is 1. The molecule has 0 fully saturated rings. The molecule has 1 aromatic carbocycles. The molecule has 1 amide bonds. The molecular formula is C23H24N6O2S2. The SMILES string of the molecule is CC(C)(C)c1csc(NC(=O)CSc2nc3nccnc3c(=O)n2CCc2ccccc2)n1. The fourth-order valence-corrected chi connectivity index (χ4v) is 4.85. The van der Waals surface area contributed by atoms with Gasteiger partial charge in [-0.2, -0.15) is 0 Å². The summed E-state index contributed by atoms with van der Waals surface area (Å²) in [6.45, 7) is 6.65. The summed E-state index contributed by atoms with van der Waals surface area (Å²) in [7, 11) is 0. The first kappa shape index (κ1) is 23.1. The monoisotopic (exact) mass is 480 g/mol. The lowest BCUT2D eigenvalue weighted by Gasteiger charge is -2.14. The fraction of sp³-hybridized carbons (Fsp3) is 0.304. The molecule has 3 heterocycles. The van der Waals surface area contributed by atoms with Crippen LogP contribution in [0.2, 0.25) is 0 Å². The van der Waals surface area contributed by atoms with E-state index < -0.39 is 0 Å². The number of rotatable bonds is 7. The number of benzene rings is 1. The molecule has 8 nitrogen and oxygen atoms in total. The van der Waals surface area contributed by atoms with Gasteiger partial charge in [0.1, 0.15) is 0 Å². The van der Waals surface area contributed by atoms with Crippen molar-refractivity contribution in [2.45, 2.75) is 44.3 Å². The quantitative estimate of drug-likeness (QED) is 0.316. The number of aryl methyl sites for hydroxylation is 1. The number of hydrogen-bond acceptors (Lipinski definition) is 8. The Labute approximate surface area is 199 Å². The second-order valence-electron chi connectivity index (χ2n) is 8.44. The van der Waals surface area contributed by atoms with E-state index in [1.807, 2.05) is 35.7 Å². The third-order valence-electron chi connectivity index (χ3n) is 4.88. The number of amides is 1. The van der Waals surface area contributed by atoms with E-state index in [1.165, 1.54) is 35.5 Å². The van der Waals surface area contributed by atoms with Gasteiger partial charge in [-0.25, -0.2) is 19.9 Å². The first-order valence-corrected chi connectivity index (χ1v) is 12.3. The van der Waals surface area contributed by atoms with Crippen LogP contribution in [0, 0.1) is 0 Å². The van der Waals surface area contributed by atoms with Crippen molar-refractivity contribution < 1.29 is 4.79 Å². The molecule has 0 aliphatic heterocycles. The number of thiazole rings is 1. The zero-order chi connectivity index (χ0) is 23.4. The molecule has 10 heteroatoms. The highest BCUT2D eigenvalue weighted by Crippen LogP contribution is 2.26. The van der Waals surface area contributed by atoms with Gasteiger partial charge in [-0.1, -0.05) is 62.9 Å². The van der Waals surface area contributed by atoms with Gasteiger partial charge in [-0.3, -0.25) is 14.2 Å². The highest BCUT2D eigenvalue weighted by atomic mass is 32.2. The first-order valence-electron chi connectivity index (χ1n) is 10.5. The summed E-state index contributed by atoms with van der Waals surface area (Å²) in [5, 5.41) is 5.79. The Hall–Kier alpha value is -3.11. The predicted molar refractivity (Wildman–Crippen MR) is 132 cm³/mol. The average molecular weight is 481 g/mol. The van der Waals surface area contributed by atoms with Gasteiger partial charge < -0.3 is 5.32 Å². The van der Waals surface area contributed by atoms with E-state index in [9.17, 15) is 9.59 Å². The van der Waals surface area contributed by atoms with E-state index >= 15 is 0 Å². The molecule has 3 aromatic heterocycles. The predicted octanol–water partition coefficient (Wildman–Crippen LogP) is 3.91. The lowest BCUT2D eigenvalue weighted by molar-refractivity contribution is -0.113. The van der Waals surface area contributed by atoms with Gasteiger partial charge in [0.15, 0.2) is 21.5 Å². The van der Waals surface area contributed by atoms with Crippen LogP contribution in [0.5, 0.6) is 0 Å². The largest absolute Gasteiger partial charge is 0.301 e. The lowest BCUT2D eigenvalue weighted by Crippen LogP contribution is -2.26. The van der Waals surface area contributed by atoms with Crippen LogP contribution in [0.15, 0.2) is 58.1 Å². The van der Waals surface area contributed by atoms with Crippen LogP contribution in [0.25, 0.3) is 11.2 Å². The van der Waals surface area contributed by atoms with Crippen LogP contribution in [0.4, 0.5) is 5.13 Å². The van der Waals surface area contributed by atoms with Gasteiger partial charge >= 0.3 is 0 Å². The summed E-state index contributed by atoms with van der Waals surface area (Å²) in [6, 6.07) is 9.91. The number of carbonyl (C=O) groups excluding carboxylic acids is 1. The minimum Gasteiger partial charge on any atom is -0.301 e. The molecule has 0 unspecified atom stereocenters. The van der Waals surface area contributed by atoms with Crippen molar-refractivity contribution in [2.75, 3.05) is 11.1 Å². The molecule has 4 aromatic rings. The number of nitrogens with one attached hydrogen (secondary N) is 1. The van der Waals surface area contributed by atoms with Crippen molar-refractivity contribution in [3.8, 4) is 0 Å². The van der Waals surface area contributed by atoms with Gasteiger partial charge in [0.25, 0.3) is 5.56 Å². The molecule has 0 saturated heterocycles. The molecule has 33 heavy (non-hydrogen) atoms. The summed E-state index contributed by atoms with van der Waals surface area (Å²) in [4.78, 5) is 43.0. The lowest BCUT2D eigenvalue weighted by atomic mass is 9.93. The van der Waals surface area contributed by atoms with Crippen LogP contribution in [-0.2, 0) is 23.2 Å². The summed E-state index contributed by atoms with van der Waals surface area (Å²) in [5.74, 6) is -0.119. The smallest absolute Gasteiger partial charge is 0.282 e. The van der Waals surface area contributed by atoms with Crippen molar-refractivity contribution >= 4 is 45.3 Å². The van der Waals surface area contributed by atoms with E-state index in [2.05, 4.69) is 46.0 Å². The van der Waals surface area contributed by atoms with Gasteiger partial charge in [0, 0.05) is 29.7 Å². The maximum Gasteiger partial charge on any atom is 0.282 e. The van der Waals surface area contributed by atoms with Gasteiger partial charge in [-0.05, 0) is 12.0 Å². The molecule has 170 valence electrons. The van der Waals surface area contributed by atoms with E-state index in [4.69, 9.17) is 0 Å². The summed E-state index contributed by atoms with van der Waals surface area (Å²) < 4.78 is 1.57. The number of carbonyl (C=O) groups is 1. The zero-order valence-electron chi connectivity index (χ0n) is 18.6. The molecule has 0 aliphatic rings. The molecule has 0 aliphatic carbocycles. The Bertz CT molecular complexity index is 1330. The van der Waals surface area contributed by atoms with Crippen LogP contribution in [0.1, 0.15) is 32.0 Å². The van der Waals surface area contributed by atoms with Gasteiger partial charge in [-0.15, -0.1) is 11.3 Å². The standard InChI is InChI=1S/C23H24N6O2S2/c1-23(2,3)16-13-32-21(26-16)27-17(30)14-33-22-28-19-18(24-10-11-25-19)20(31)29(22)12-9-15-7-5-4-6-8-15/h4-8,10-11,13H,9,12,14H2,1-3H3,(H,26,27,30). The molecule has 0 spiro atoms. The number of aromatic nitrogens is 5. The second-order valence-corrected chi connectivity index (χ2v) is 10.2. The molecular weight excluding hydrogens is 456 g/mol. The van der Waals surface area contributed by atoms with Crippen molar-refractivity contribution in [3.63, 3.8) is 0 Å². The average Bonchev–Trinajstić information content (AvgIpc) is 3.27. The zero-order valence-corrected chi connectivity index (χ0v) is 20.2. The minimum atomic E-state index is -0.262. The number of fused-ring (bicyclic) bond motifs is 1. The van der Waals surface area contributed by atoms with Crippen molar-refractivity contribution in [1.29, 1.82) is 0 Å². The molecule has 4 rings (SSSR count). The van der Waals surface area contributed by atoms with Crippen LogP contribution < -0.4 is 10.9 Å². The molecule has 0 atom stereocenters. The van der Waals surface area contributed by atoms with Crippen molar-refractivity contribution in [1.82, 2.24) is 24.5 Å². The molecule has 0 saturated carbocycles. The normalized spacial score (nSPS) is 11.6. The Morgan fingerprint density at radius 3 is 2.61 bits per heavy atom. The fourth-order valence-electron chi connectivity index (χ4n) is 3.08. The summed E-state index contributed by atoms with van der Waals surface area (Å²) in [5.41, 5.74) is 2.18. The van der Waals surface area contributed by atoms with E-state index in [0.29, 0.717) is 23.3 Å². The Morgan fingerprint density at radius 2 is 1.88 bits per heavy atom. The third-order valence-corrected chi connectivity index (χ3v) is 6.61. The number of thioether (sulfide) groups is 1. The topological polar surface area (TPSA) is 103 Å². The molecule has 0 bridgehead atoms. The third kappa shape index (κ3) is 5.63. The van der Waals surface area contributed by atoms with Crippen LogP contribution in [-0.4, -0.2) is 36.2 Å². The van der Waals surface area contributed by atoms with Crippen LogP contribution in [0.3, 0.4) is 0 Å². The van der Waals surface area contributed by atoms with E-state index in [-0.39, 0.29) is 33.8 Å². The highest BCUT2D eigenvalue weighted by molar-refractivity contribution is 7.99.